The first-order valence-electron chi connectivity index (χ1n) is 8.65. The first kappa shape index (κ1) is 17.6. The van der Waals surface area contributed by atoms with E-state index in [4.69, 9.17) is 4.74 Å². The molecule has 23 heavy (non-hydrogen) atoms. The average Bonchev–Trinajstić information content (AvgIpc) is 2.61. The monoisotopic (exact) mass is 312 g/mol. The molecule has 0 bridgehead atoms. The van der Waals surface area contributed by atoms with Gasteiger partial charge in [0.05, 0.1) is 6.10 Å². The van der Waals surface area contributed by atoms with E-state index in [1.165, 1.54) is 19.3 Å². The van der Waals surface area contributed by atoms with E-state index >= 15 is 0 Å². The zero-order chi connectivity index (χ0) is 16.5. The fourth-order valence-corrected chi connectivity index (χ4v) is 2.70. The first-order valence-corrected chi connectivity index (χ1v) is 8.65. The van der Waals surface area contributed by atoms with Gasteiger partial charge < -0.3 is 9.84 Å². The van der Waals surface area contributed by atoms with Gasteiger partial charge in [0.25, 0.3) is 0 Å². The van der Waals surface area contributed by atoms with E-state index in [1.54, 1.807) is 0 Å². The Morgan fingerprint density at radius 1 is 0.957 bits per heavy atom. The van der Waals surface area contributed by atoms with Gasteiger partial charge >= 0.3 is 0 Å². The predicted molar refractivity (Wildman–Crippen MR) is 95.5 cm³/mol. The molecule has 0 saturated heterocycles. The summed E-state index contributed by atoms with van der Waals surface area (Å²) in [6.07, 6.45) is 4.32. The second-order valence-electron chi connectivity index (χ2n) is 6.26. The van der Waals surface area contributed by atoms with Gasteiger partial charge in [0, 0.05) is 0 Å². The molecule has 0 saturated carbocycles. The van der Waals surface area contributed by atoms with Gasteiger partial charge in [-0.2, -0.15) is 0 Å². The summed E-state index contributed by atoms with van der Waals surface area (Å²) in [6.45, 7) is 4.89. The summed E-state index contributed by atoms with van der Waals surface area (Å²) in [6, 6.07) is 18.0. The molecule has 0 amide bonds. The van der Waals surface area contributed by atoms with Crippen LogP contribution >= 0.6 is 0 Å². The number of aliphatic hydroxyl groups excluding tert-OH is 1. The van der Waals surface area contributed by atoms with Crippen LogP contribution in [-0.2, 0) is 6.61 Å². The van der Waals surface area contributed by atoms with Crippen molar-refractivity contribution < 1.29 is 9.84 Å². The van der Waals surface area contributed by atoms with Crippen molar-refractivity contribution in [1.29, 1.82) is 0 Å². The van der Waals surface area contributed by atoms with E-state index in [0.717, 1.165) is 23.3 Å². The van der Waals surface area contributed by atoms with Crippen LogP contribution < -0.4 is 4.74 Å². The largest absolute Gasteiger partial charge is 0.489 e. The number of hydrogen-bond donors (Lipinski definition) is 1. The third-order valence-corrected chi connectivity index (χ3v) is 4.27. The molecule has 0 heterocycles. The zero-order valence-electron chi connectivity index (χ0n) is 14.2. The summed E-state index contributed by atoms with van der Waals surface area (Å²) < 4.78 is 5.79. The normalized spacial score (nSPS) is 13.5. The summed E-state index contributed by atoms with van der Waals surface area (Å²) in [7, 11) is 0. The maximum absolute atomic E-state index is 10.4. The molecule has 0 aromatic heterocycles. The highest BCUT2D eigenvalue weighted by Gasteiger charge is 2.15. The lowest BCUT2D eigenvalue weighted by Crippen LogP contribution is -2.09. The topological polar surface area (TPSA) is 29.5 Å². The van der Waals surface area contributed by atoms with E-state index in [2.05, 4.69) is 26.0 Å². The third kappa shape index (κ3) is 5.72. The molecule has 2 aromatic carbocycles. The lowest BCUT2D eigenvalue weighted by Gasteiger charge is -2.19. The molecule has 0 aliphatic heterocycles. The molecular weight excluding hydrogens is 284 g/mol. The summed E-state index contributed by atoms with van der Waals surface area (Å²) in [5.41, 5.74) is 2.13. The van der Waals surface area contributed by atoms with Crippen molar-refractivity contribution in [3.63, 3.8) is 0 Å². The van der Waals surface area contributed by atoms with Crippen LogP contribution in [0.2, 0.25) is 0 Å². The second-order valence-corrected chi connectivity index (χ2v) is 6.26. The first-order chi connectivity index (χ1) is 11.2. The van der Waals surface area contributed by atoms with Gasteiger partial charge in [-0.15, -0.1) is 0 Å². The molecule has 0 aliphatic rings. The molecule has 1 N–H and O–H groups in total. The van der Waals surface area contributed by atoms with Gasteiger partial charge in [0.1, 0.15) is 12.4 Å². The van der Waals surface area contributed by atoms with Crippen LogP contribution in [0.25, 0.3) is 0 Å². The Morgan fingerprint density at radius 2 is 1.65 bits per heavy atom. The average molecular weight is 312 g/mol. The smallest absolute Gasteiger partial charge is 0.119 e. The minimum Gasteiger partial charge on any atom is -0.489 e. The molecule has 124 valence electrons. The van der Waals surface area contributed by atoms with Crippen LogP contribution in [0.3, 0.4) is 0 Å². The summed E-state index contributed by atoms with van der Waals surface area (Å²) in [5, 5.41) is 10.4. The summed E-state index contributed by atoms with van der Waals surface area (Å²) >= 11 is 0. The van der Waals surface area contributed by atoms with E-state index in [0.29, 0.717) is 6.61 Å². The molecule has 2 heteroatoms. The van der Waals surface area contributed by atoms with Crippen molar-refractivity contribution in [3.8, 4) is 5.75 Å². The Labute approximate surface area is 140 Å². The Hall–Kier alpha value is -1.80. The van der Waals surface area contributed by atoms with Crippen molar-refractivity contribution in [1.82, 2.24) is 0 Å². The molecule has 2 atom stereocenters. The van der Waals surface area contributed by atoms with Gasteiger partial charge in [-0.3, -0.25) is 0 Å². The van der Waals surface area contributed by atoms with E-state index in [1.807, 2.05) is 42.5 Å². The molecule has 0 radical (unpaired) electrons. The number of ether oxygens (including phenoxy) is 1. The lowest BCUT2D eigenvalue weighted by atomic mass is 9.92. The predicted octanol–water partition coefficient (Wildman–Crippen LogP) is 5.52. The SMILES string of the molecule is CCCCCC(C)C(O)c1ccc(OCc2ccccc2)cc1. The van der Waals surface area contributed by atoms with Crippen LogP contribution in [-0.4, -0.2) is 5.11 Å². The molecule has 0 fully saturated rings. The second kappa shape index (κ2) is 9.36. The number of hydrogen-bond acceptors (Lipinski definition) is 2. The van der Waals surface area contributed by atoms with Crippen molar-refractivity contribution in [2.75, 3.05) is 0 Å². The van der Waals surface area contributed by atoms with Crippen LogP contribution in [0.4, 0.5) is 0 Å². The Bertz CT molecular complexity index is 548. The lowest BCUT2D eigenvalue weighted by molar-refractivity contribution is 0.111. The standard InChI is InChI=1S/C21H28O2/c1-3-4-6-9-17(2)21(22)19-12-14-20(15-13-19)23-16-18-10-7-5-8-11-18/h5,7-8,10-15,17,21-22H,3-4,6,9,16H2,1-2H3. The van der Waals surface area contributed by atoms with E-state index in [-0.39, 0.29) is 5.92 Å². The van der Waals surface area contributed by atoms with Crippen molar-refractivity contribution in [3.05, 3.63) is 65.7 Å². The summed E-state index contributed by atoms with van der Waals surface area (Å²) in [5.74, 6) is 1.13. The molecule has 2 aromatic rings. The Balaban J connectivity index is 1.86. The molecule has 2 rings (SSSR count). The van der Waals surface area contributed by atoms with Crippen molar-refractivity contribution >= 4 is 0 Å². The van der Waals surface area contributed by atoms with Gasteiger partial charge in [-0.25, -0.2) is 0 Å². The van der Waals surface area contributed by atoms with Crippen LogP contribution in [0.1, 0.15) is 56.8 Å². The highest BCUT2D eigenvalue weighted by molar-refractivity contribution is 5.29. The highest BCUT2D eigenvalue weighted by atomic mass is 16.5. The van der Waals surface area contributed by atoms with Gasteiger partial charge in [0.2, 0.25) is 0 Å². The molecular formula is C21H28O2. The third-order valence-electron chi connectivity index (χ3n) is 4.27. The highest BCUT2D eigenvalue weighted by Crippen LogP contribution is 2.27. The minimum atomic E-state index is -0.393. The molecule has 2 unspecified atom stereocenters. The molecule has 0 spiro atoms. The molecule has 0 aliphatic carbocycles. The maximum atomic E-state index is 10.4. The van der Waals surface area contributed by atoms with E-state index < -0.39 is 6.10 Å². The number of rotatable bonds is 9. The number of unbranched alkanes of at least 4 members (excludes halogenated alkanes) is 2. The van der Waals surface area contributed by atoms with Crippen LogP contribution in [0, 0.1) is 5.92 Å². The quantitative estimate of drug-likeness (QED) is 0.618. The van der Waals surface area contributed by atoms with E-state index in [9.17, 15) is 5.11 Å². The molecule has 2 nitrogen and oxygen atoms in total. The summed E-state index contributed by atoms with van der Waals surface area (Å²) in [4.78, 5) is 0. The maximum Gasteiger partial charge on any atom is 0.119 e. The van der Waals surface area contributed by atoms with Crippen molar-refractivity contribution in [2.24, 2.45) is 5.92 Å². The van der Waals surface area contributed by atoms with Gasteiger partial charge in [0.15, 0.2) is 0 Å². The van der Waals surface area contributed by atoms with Crippen molar-refractivity contribution in [2.45, 2.75) is 52.2 Å². The Morgan fingerprint density at radius 3 is 2.30 bits per heavy atom. The Kier molecular flexibility index (Phi) is 7.15. The zero-order valence-corrected chi connectivity index (χ0v) is 14.2. The number of benzene rings is 2. The van der Waals surface area contributed by atoms with Gasteiger partial charge in [-0.05, 0) is 35.6 Å². The fourth-order valence-electron chi connectivity index (χ4n) is 2.70. The fraction of sp³-hybridized carbons (Fsp3) is 0.429. The van der Waals surface area contributed by atoms with Crippen LogP contribution in [0.5, 0.6) is 5.75 Å². The van der Waals surface area contributed by atoms with Crippen LogP contribution in [0.15, 0.2) is 54.6 Å². The minimum absolute atomic E-state index is 0.289. The van der Waals surface area contributed by atoms with Gasteiger partial charge in [-0.1, -0.05) is 75.6 Å². The number of aliphatic hydroxyl groups is 1.